The van der Waals surface area contributed by atoms with Gasteiger partial charge >= 0.3 is 8.32 Å². The third-order valence-electron chi connectivity index (χ3n) is 7.76. The fourth-order valence-electron chi connectivity index (χ4n) is 5.96. The first-order valence-electron chi connectivity index (χ1n) is 13.6. The molecule has 2 aromatic carbocycles. The summed E-state index contributed by atoms with van der Waals surface area (Å²) in [5.74, 6) is 0.785. The van der Waals surface area contributed by atoms with Crippen molar-refractivity contribution < 1.29 is 9.22 Å². The molecule has 2 atom stereocenters. The summed E-state index contributed by atoms with van der Waals surface area (Å²) in [6.45, 7) is 15.0. The smallest absolute Gasteiger partial charge is 0.319 e. The van der Waals surface area contributed by atoms with Crippen LogP contribution in [0.15, 0.2) is 87.2 Å². The van der Waals surface area contributed by atoms with Crippen LogP contribution >= 0.6 is 8.07 Å². The van der Waals surface area contributed by atoms with Crippen LogP contribution < -0.4 is 10.4 Å². The number of rotatable bonds is 4. The van der Waals surface area contributed by atoms with Crippen LogP contribution in [-0.4, -0.2) is 30.0 Å². The standard InChI is InChI=1S/C30H39N4O2PSi/c1-22(35)34-32-25-20-14-15-21-30(25)33-31-27(37(30)34)26(28(2,3)4)36-38(29(5,6)7,23-16-10-8-11-17-23)24-18-12-9-13-19-24/h8-13,16-19H,14-15,20-21H2,1-7H3/b27-26+/t30-,37-/m1/s1. The number of nitrogens with zero attached hydrogens (tertiary/aromatic N) is 4. The summed E-state index contributed by atoms with van der Waals surface area (Å²) in [4.78, 5) is 12.9. The predicted octanol–water partition coefficient (Wildman–Crippen LogP) is 7.13. The number of benzene rings is 2. The van der Waals surface area contributed by atoms with Crippen molar-refractivity contribution in [2.45, 2.75) is 84.5 Å². The van der Waals surface area contributed by atoms with E-state index in [1.54, 1.807) is 11.7 Å². The highest BCUT2D eigenvalue weighted by molar-refractivity contribution is 7.63. The largest absolute Gasteiger partial charge is 0.535 e. The van der Waals surface area contributed by atoms with Crippen LogP contribution in [0.25, 0.3) is 0 Å². The SMILES string of the molecule is CC(=O)N1N=C2CCCC[C@]23N=N/C(=C(\O[Si](c2ccccc2)(c2ccccc2)C(C)(C)C)C(C)(C)C)[P@@]13. The molecular weight excluding hydrogens is 507 g/mol. The van der Waals surface area contributed by atoms with Crippen LogP contribution in [0.5, 0.6) is 0 Å². The number of hydrogen-bond donors (Lipinski definition) is 0. The van der Waals surface area contributed by atoms with E-state index in [9.17, 15) is 4.79 Å². The first-order chi connectivity index (χ1) is 17.9. The topological polar surface area (TPSA) is 66.6 Å². The third-order valence-corrected chi connectivity index (χ3v) is 15.4. The Morgan fingerprint density at radius 2 is 1.53 bits per heavy atom. The molecule has 2 aromatic rings. The minimum atomic E-state index is -2.92. The first kappa shape index (κ1) is 27.0. The molecule has 1 fully saturated rings. The number of carbonyl (C=O) groups excluding carboxylic acids is 1. The van der Waals surface area contributed by atoms with Gasteiger partial charge in [0.2, 0.25) is 5.91 Å². The maximum Gasteiger partial charge on any atom is 0.319 e. The van der Waals surface area contributed by atoms with Gasteiger partial charge in [-0.2, -0.15) is 10.2 Å². The second-order valence-electron chi connectivity index (χ2n) is 12.6. The lowest BCUT2D eigenvalue weighted by molar-refractivity contribution is -0.124. The lowest BCUT2D eigenvalue weighted by atomic mass is 9.93. The third kappa shape index (κ3) is 4.19. The lowest BCUT2D eigenvalue weighted by Crippen LogP contribution is -2.66. The molecule has 1 saturated carbocycles. The van der Waals surface area contributed by atoms with Gasteiger partial charge in [-0.15, -0.1) is 5.11 Å². The molecule has 1 aliphatic carbocycles. The van der Waals surface area contributed by atoms with Crippen LogP contribution in [0.3, 0.4) is 0 Å². The molecule has 0 N–H and O–H groups in total. The molecule has 3 aliphatic rings. The van der Waals surface area contributed by atoms with Crippen molar-refractivity contribution in [1.82, 2.24) is 4.78 Å². The zero-order valence-corrected chi connectivity index (χ0v) is 25.5. The van der Waals surface area contributed by atoms with E-state index < -0.39 is 21.7 Å². The van der Waals surface area contributed by atoms with E-state index in [2.05, 4.69) is 102 Å². The second-order valence-corrected chi connectivity index (χ2v) is 18.9. The fourth-order valence-corrected chi connectivity index (χ4v) is 13.6. The van der Waals surface area contributed by atoms with Crippen LogP contribution in [0.4, 0.5) is 0 Å². The van der Waals surface area contributed by atoms with Gasteiger partial charge in [0.05, 0.1) is 5.71 Å². The Kier molecular flexibility index (Phi) is 6.76. The lowest BCUT2D eigenvalue weighted by Gasteiger charge is -2.46. The van der Waals surface area contributed by atoms with Crippen LogP contribution in [-0.2, 0) is 9.22 Å². The molecule has 5 rings (SSSR count). The minimum absolute atomic E-state index is 0.0547. The number of hydrazone groups is 1. The maximum atomic E-state index is 12.9. The Hall–Kier alpha value is -2.63. The van der Waals surface area contributed by atoms with E-state index in [-0.39, 0.29) is 16.4 Å². The van der Waals surface area contributed by atoms with Gasteiger partial charge in [0.25, 0.3) is 0 Å². The highest BCUT2D eigenvalue weighted by Gasteiger charge is 2.61. The Balaban J connectivity index is 1.77. The molecule has 0 bridgehead atoms. The average Bonchev–Trinajstić information content (AvgIpc) is 3.39. The molecule has 0 radical (unpaired) electrons. The number of allylic oxidation sites excluding steroid dienone is 1. The summed E-state index contributed by atoms with van der Waals surface area (Å²) in [5, 5.41) is 16.4. The first-order valence-corrected chi connectivity index (χ1v) is 16.8. The van der Waals surface area contributed by atoms with E-state index in [1.807, 2.05) is 0 Å². The van der Waals surface area contributed by atoms with E-state index in [1.165, 1.54) is 10.4 Å². The van der Waals surface area contributed by atoms with Crippen molar-refractivity contribution in [2.24, 2.45) is 20.7 Å². The summed E-state index contributed by atoms with van der Waals surface area (Å²) in [5.41, 5.74) is 1.47. The maximum absolute atomic E-state index is 12.9. The van der Waals surface area contributed by atoms with Crippen molar-refractivity contribution >= 4 is 38.4 Å². The Labute approximate surface area is 229 Å². The van der Waals surface area contributed by atoms with E-state index in [4.69, 9.17) is 19.8 Å². The molecule has 2 heterocycles. The summed E-state index contributed by atoms with van der Waals surface area (Å²) in [6.07, 6.45) is 3.89. The molecule has 1 amide bonds. The zero-order valence-electron chi connectivity index (χ0n) is 23.7. The van der Waals surface area contributed by atoms with Crippen LogP contribution in [0.1, 0.15) is 74.1 Å². The molecule has 6 nitrogen and oxygen atoms in total. The Morgan fingerprint density at radius 1 is 0.947 bits per heavy atom. The van der Waals surface area contributed by atoms with Crippen molar-refractivity contribution in [3.63, 3.8) is 0 Å². The van der Waals surface area contributed by atoms with Crippen molar-refractivity contribution in [1.29, 1.82) is 0 Å². The zero-order chi connectivity index (χ0) is 27.3. The Morgan fingerprint density at radius 3 is 2.03 bits per heavy atom. The van der Waals surface area contributed by atoms with Crippen LogP contribution in [0.2, 0.25) is 5.04 Å². The molecular formula is C30H39N4O2PSi. The molecule has 38 heavy (non-hydrogen) atoms. The van der Waals surface area contributed by atoms with E-state index >= 15 is 0 Å². The van der Waals surface area contributed by atoms with Gasteiger partial charge in [-0.25, -0.2) is 4.78 Å². The predicted molar refractivity (Wildman–Crippen MR) is 158 cm³/mol. The van der Waals surface area contributed by atoms with Gasteiger partial charge in [-0.3, -0.25) is 4.79 Å². The van der Waals surface area contributed by atoms with Crippen LogP contribution in [0, 0.1) is 5.41 Å². The minimum Gasteiger partial charge on any atom is -0.535 e. The average molecular weight is 547 g/mol. The summed E-state index contributed by atoms with van der Waals surface area (Å²) in [7, 11) is -4.16. The molecule has 8 heteroatoms. The number of azo groups is 1. The van der Waals surface area contributed by atoms with Gasteiger partial charge in [0, 0.05) is 12.3 Å². The van der Waals surface area contributed by atoms with Crippen molar-refractivity contribution in [3.05, 3.63) is 71.9 Å². The monoisotopic (exact) mass is 546 g/mol. The molecule has 0 saturated heterocycles. The molecule has 1 spiro atoms. The molecule has 0 aromatic heterocycles. The van der Waals surface area contributed by atoms with Crippen molar-refractivity contribution in [2.75, 3.05) is 0 Å². The summed E-state index contributed by atoms with van der Waals surface area (Å²) in [6, 6.07) is 21.3. The number of hydrogen-bond acceptors (Lipinski definition) is 5. The van der Waals surface area contributed by atoms with E-state index in [0.717, 1.165) is 42.6 Å². The quantitative estimate of drug-likeness (QED) is 0.233. The molecule has 200 valence electrons. The fraction of sp³-hybridized carbons (Fsp3) is 0.467. The van der Waals surface area contributed by atoms with Gasteiger partial charge in [0.15, 0.2) is 5.28 Å². The van der Waals surface area contributed by atoms with Gasteiger partial charge in [0.1, 0.15) is 19.3 Å². The summed E-state index contributed by atoms with van der Waals surface area (Å²) >= 11 is 0. The molecule has 0 unspecified atom stereocenters. The van der Waals surface area contributed by atoms with Gasteiger partial charge in [-0.1, -0.05) is 102 Å². The second kappa shape index (κ2) is 9.53. The normalized spacial score (nSPS) is 24.6. The Bertz CT molecular complexity index is 1270. The number of amides is 1. The highest BCUT2D eigenvalue weighted by atomic mass is 31.1. The van der Waals surface area contributed by atoms with Crippen molar-refractivity contribution in [3.8, 4) is 0 Å². The van der Waals surface area contributed by atoms with Gasteiger partial charge < -0.3 is 4.43 Å². The molecule has 2 aliphatic heterocycles. The highest BCUT2D eigenvalue weighted by Crippen LogP contribution is 2.72. The van der Waals surface area contributed by atoms with Gasteiger partial charge in [-0.05, 0) is 41.1 Å². The summed E-state index contributed by atoms with van der Waals surface area (Å²) < 4.78 is 9.33. The van der Waals surface area contributed by atoms with E-state index in [0.29, 0.717) is 0 Å². The number of carbonyl (C=O) groups is 1.